The van der Waals surface area contributed by atoms with E-state index in [4.69, 9.17) is 0 Å². The van der Waals surface area contributed by atoms with Crippen LogP contribution in [0.5, 0.6) is 0 Å². The van der Waals surface area contributed by atoms with Gasteiger partial charge in [0.25, 0.3) is 0 Å². The van der Waals surface area contributed by atoms with Crippen LogP contribution in [0.3, 0.4) is 0 Å². The van der Waals surface area contributed by atoms with E-state index in [-0.39, 0.29) is 0 Å². The third-order valence-corrected chi connectivity index (χ3v) is 4.41. The molecule has 88 valence electrons. The van der Waals surface area contributed by atoms with Gasteiger partial charge >= 0.3 is 0 Å². The fourth-order valence-corrected chi connectivity index (χ4v) is 3.74. The average Bonchev–Trinajstić information content (AvgIpc) is 2.58. The Morgan fingerprint density at radius 1 is 1.00 bits per heavy atom. The zero-order chi connectivity index (χ0) is 11.0. The summed E-state index contributed by atoms with van der Waals surface area (Å²) < 4.78 is 0. The van der Waals surface area contributed by atoms with Gasteiger partial charge in [-0.3, -0.25) is 0 Å². The van der Waals surface area contributed by atoms with Crippen molar-refractivity contribution in [3.8, 4) is 0 Å². The molecule has 2 aliphatic rings. The van der Waals surface area contributed by atoms with Crippen molar-refractivity contribution < 1.29 is 0 Å². The third-order valence-electron chi connectivity index (χ3n) is 4.41. The smallest absolute Gasteiger partial charge is 0.00388 e. The molecule has 2 fully saturated rings. The highest BCUT2D eigenvalue weighted by Crippen LogP contribution is 2.44. The molecule has 1 aliphatic heterocycles. The molecular formula is C14H27N. The topological polar surface area (TPSA) is 3.24 Å². The van der Waals surface area contributed by atoms with E-state index < -0.39 is 0 Å². The summed E-state index contributed by atoms with van der Waals surface area (Å²) in [5, 5.41) is 0. The van der Waals surface area contributed by atoms with E-state index >= 15 is 0 Å². The average molecular weight is 209 g/mol. The van der Waals surface area contributed by atoms with Crippen LogP contribution in [0.1, 0.15) is 47.0 Å². The molecule has 1 saturated carbocycles. The van der Waals surface area contributed by atoms with Gasteiger partial charge in [-0.1, -0.05) is 13.8 Å². The Labute approximate surface area is 95.2 Å². The molecule has 1 saturated heterocycles. The second kappa shape index (κ2) is 4.45. The normalized spacial score (nSPS) is 36.8. The molecule has 3 atom stereocenters. The zero-order valence-electron chi connectivity index (χ0n) is 10.9. The van der Waals surface area contributed by atoms with E-state index in [1.54, 1.807) is 0 Å². The first-order chi connectivity index (χ1) is 7.06. The molecule has 0 aromatic rings. The van der Waals surface area contributed by atoms with Crippen molar-refractivity contribution in [3.63, 3.8) is 0 Å². The first kappa shape index (κ1) is 11.4. The Balaban J connectivity index is 1.83. The summed E-state index contributed by atoms with van der Waals surface area (Å²) in [5.41, 5.74) is 0. The maximum Gasteiger partial charge on any atom is 0.00388 e. The van der Waals surface area contributed by atoms with Crippen molar-refractivity contribution in [3.05, 3.63) is 0 Å². The summed E-state index contributed by atoms with van der Waals surface area (Å²) in [5.74, 6) is 4.02. The van der Waals surface area contributed by atoms with E-state index in [1.807, 2.05) is 0 Å². The van der Waals surface area contributed by atoms with Crippen molar-refractivity contribution in [2.24, 2.45) is 23.7 Å². The summed E-state index contributed by atoms with van der Waals surface area (Å²) in [6.07, 6.45) is 4.51. The minimum atomic E-state index is 0.763. The first-order valence-electron chi connectivity index (χ1n) is 6.80. The van der Waals surface area contributed by atoms with Crippen molar-refractivity contribution in [2.45, 2.75) is 53.0 Å². The van der Waals surface area contributed by atoms with Gasteiger partial charge in [0, 0.05) is 19.1 Å². The third kappa shape index (κ3) is 2.55. The first-order valence-corrected chi connectivity index (χ1v) is 6.80. The Bertz CT molecular complexity index is 195. The molecule has 1 aliphatic carbocycles. The van der Waals surface area contributed by atoms with Crippen LogP contribution in [-0.4, -0.2) is 24.0 Å². The van der Waals surface area contributed by atoms with E-state index in [1.165, 1.54) is 32.4 Å². The highest BCUT2D eigenvalue weighted by atomic mass is 15.2. The summed E-state index contributed by atoms with van der Waals surface area (Å²) >= 11 is 0. The Morgan fingerprint density at radius 3 is 1.93 bits per heavy atom. The second-order valence-electron chi connectivity index (χ2n) is 6.53. The number of hydrogen-bond acceptors (Lipinski definition) is 1. The summed E-state index contributed by atoms with van der Waals surface area (Å²) in [6, 6.07) is 0.763. The fraction of sp³-hybridized carbons (Fsp3) is 1.00. The molecule has 0 N–H and O–H groups in total. The van der Waals surface area contributed by atoms with E-state index in [0.717, 1.165) is 29.7 Å². The van der Waals surface area contributed by atoms with Crippen molar-refractivity contribution in [1.29, 1.82) is 0 Å². The van der Waals surface area contributed by atoms with Crippen LogP contribution in [0.4, 0.5) is 0 Å². The number of hydrogen-bond donors (Lipinski definition) is 0. The predicted molar refractivity (Wildman–Crippen MR) is 65.9 cm³/mol. The molecule has 1 nitrogen and oxygen atoms in total. The Kier molecular flexibility index (Phi) is 3.39. The van der Waals surface area contributed by atoms with Crippen LogP contribution in [0.25, 0.3) is 0 Å². The molecule has 2 rings (SSSR count). The van der Waals surface area contributed by atoms with Gasteiger partial charge in [-0.15, -0.1) is 0 Å². The standard InChI is InChI=1S/C14H27N/c1-10(2)5-12-6-13-8-15(11(3)4)9-14(13)7-12/h10-14H,5-9H2,1-4H3/t12?,13-,14+. The molecule has 0 amide bonds. The van der Waals surface area contributed by atoms with Gasteiger partial charge in [0.2, 0.25) is 0 Å². The quantitative estimate of drug-likeness (QED) is 0.688. The van der Waals surface area contributed by atoms with Crippen molar-refractivity contribution in [2.75, 3.05) is 13.1 Å². The molecule has 1 unspecified atom stereocenters. The molecule has 0 aromatic carbocycles. The minimum Gasteiger partial charge on any atom is -0.300 e. The molecule has 15 heavy (non-hydrogen) atoms. The minimum absolute atomic E-state index is 0.763. The van der Waals surface area contributed by atoms with Crippen LogP contribution in [0.15, 0.2) is 0 Å². The molecule has 1 heterocycles. The largest absolute Gasteiger partial charge is 0.300 e. The molecule has 0 bridgehead atoms. The van der Waals surface area contributed by atoms with E-state index in [0.29, 0.717) is 0 Å². The Hall–Kier alpha value is -0.0400. The molecule has 0 spiro atoms. The van der Waals surface area contributed by atoms with Crippen LogP contribution in [0, 0.1) is 23.7 Å². The highest BCUT2D eigenvalue weighted by Gasteiger charge is 2.41. The van der Waals surface area contributed by atoms with Gasteiger partial charge in [-0.2, -0.15) is 0 Å². The van der Waals surface area contributed by atoms with Crippen molar-refractivity contribution in [1.82, 2.24) is 4.90 Å². The molecule has 1 heteroatoms. The number of nitrogens with zero attached hydrogens (tertiary/aromatic N) is 1. The summed E-state index contributed by atoms with van der Waals surface area (Å²) in [4.78, 5) is 2.68. The van der Waals surface area contributed by atoms with Gasteiger partial charge in [-0.05, 0) is 56.8 Å². The lowest BCUT2D eigenvalue weighted by Gasteiger charge is -2.22. The van der Waals surface area contributed by atoms with Gasteiger partial charge < -0.3 is 4.90 Å². The Morgan fingerprint density at radius 2 is 1.53 bits per heavy atom. The van der Waals surface area contributed by atoms with Crippen LogP contribution >= 0.6 is 0 Å². The van der Waals surface area contributed by atoms with Gasteiger partial charge in [-0.25, -0.2) is 0 Å². The number of rotatable bonds is 3. The lowest BCUT2D eigenvalue weighted by molar-refractivity contribution is 0.241. The van der Waals surface area contributed by atoms with Gasteiger partial charge in [0.1, 0.15) is 0 Å². The lowest BCUT2D eigenvalue weighted by Crippen LogP contribution is -2.29. The number of likely N-dealkylation sites (tertiary alicyclic amines) is 1. The van der Waals surface area contributed by atoms with Gasteiger partial charge in [0.05, 0.1) is 0 Å². The maximum atomic E-state index is 2.68. The monoisotopic (exact) mass is 209 g/mol. The predicted octanol–water partition coefficient (Wildman–Crippen LogP) is 3.40. The van der Waals surface area contributed by atoms with E-state index in [2.05, 4.69) is 32.6 Å². The molecular weight excluding hydrogens is 182 g/mol. The molecule has 0 radical (unpaired) electrons. The lowest BCUT2D eigenvalue weighted by atomic mass is 9.94. The van der Waals surface area contributed by atoms with E-state index in [9.17, 15) is 0 Å². The zero-order valence-corrected chi connectivity index (χ0v) is 10.9. The summed E-state index contributed by atoms with van der Waals surface area (Å²) in [6.45, 7) is 12.2. The molecule has 0 aromatic heterocycles. The summed E-state index contributed by atoms with van der Waals surface area (Å²) in [7, 11) is 0. The fourth-order valence-electron chi connectivity index (χ4n) is 3.74. The van der Waals surface area contributed by atoms with Gasteiger partial charge in [0.15, 0.2) is 0 Å². The van der Waals surface area contributed by atoms with Crippen LogP contribution < -0.4 is 0 Å². The van der Waals surface area contributed by atoms with Crippen LogP contribution in [0.2, 0.25) is 0 Å². The number of fused-ring (bicyclic) bond motifs is 1. The second-order valence-corrected chi connectivity index (χ2v) is 6.53. The SMILES string of the molecule is CC(C)CC1C[C@@H]2CN(C(C)C)C[C@@H]2C1. The van der Waals surface area contributed by atoms with Crippen molar-refractivity contribution >= 4 is 0 Å². The highest BCUT2D eigenvalue weighted by molar-refractivity contribution is 4.93. The maximum absolute atomic E-state index is 2.68. The van der Waals surface area contributed by atoms with Crippen LogP contribution in [-0.2, 0) is 0 Å².